The molecule has 2 aromatic carbocycles. The van der Waals surface area contributed by atoms with Gasteiger partial charge >= 0.3 is 6.36 Å². The molecule has 2 aliphatic heterocycles. The number of aryl methyl sites for hydroxylation is 1. The van der Waals surface area contributed by atoms with Gasteiger partial charge in [-0.15, -0.1) is 13.2 Å². The maximum Gasteiger partial charge on any atom is 0.573 e. The highest BCUT2D eigenvalue weighted by Crippen LogP contribution is 2.33. The van der Waals surface area contributed by atoms with E-state index in [0.717, 1.165) is 42.0 Å². The fourth-order valence-corrected chi connectivity index (χ4v) is 3.88. The molecule has 1 fully saturated rings. The Bertz CT molecular complexity index is 893. The summed E-state index contributed by atoms with van der Waals surface area (Å²) in [5.41, 5.74) is 3.60. The second-order valence-corrected chi connectivity index (χ2v) is 7.42. The van der Waals surface area contributed by atoms with Gasteiger partial charge in [0, 0.05) is 38.3 Å². The first-order chi connectivity index (χ1) is 14.4. The smallest absolute Gasteiger partial charge is 0.406 e. The van der Waals surface area contributed by atoms with E-state index >= 15 is 0 Å². The molecule has 0 bridgehead atoms. The number of rotatable bonds is 5. The van der Waals surface area contributed by atoms with Crippen LogP contribution < -0.4 is 9.64 Å². The predicted molar refractivity (Wildman–Crippen MR) is 106 cm³/mol. The van der Waals surface area contributed by atoms with E-state index in [-0.39, 0.29) is 11.7 Å². The quantitative estimate of drug-likeness (QED) is 0.737. The molecule has 0 atom stereocenters. The van der Waals surface area contributed by atoms with Gasteiger partial charge in [-0.2, -0.15) is 0 Å². The van der Waals surface area contributed by atoms with Crippen LogP contribution in [0, 0.1) is 0 Å². The molecule has 160 valence electrons. The highest BCUT2D eigenvalue weighted by molar-refractivity contribution is 5.97. The van der Waals surface area contributed by atoms with Gasteiger partial charge < -0.3 is 14.4 Å². The number of ether oxygens (including phenoxy) is 2. The second kappa shape index (κ2) is 8.65. The normalized spacial score (nSPS) is 17.7. The van der Waals surface area contributed by atoms with Gasteiger partial charge in [0.15, 0.2) is 0 Å². The summed E-state index contributed by atoms with van der Waals surface area (Å²) >= 11 is 0. The van der Waals surface area contributed by atoms with Crippen molar-refractivity contribution in [1.29, 1.82) is 0 Å². The van der Waals surface area contributed by atoms with E-state index in [2.05, 4.69) is 9.64 Å². The Morgan fingerprint density at radius 1 is 0.933 bits per heavy atom. The van der Waals surface area contributed by atoms with Gasteiger partial charge in [0.05, 0.1) is 13.2 Å². The molecule has 2 aromatic rings. The van der Waals surface area contributed by atoms with Crippen molar-refractivity contribution in [2.24, 2.45) is 0 Å². The summed E-state index contributed by atoms with van der Waals surface area (Å²) in [7, 11) is 0. The molecule has 0 spiro atoms. The molecule has 1 saturated heterocycles. The van der Waals surface area contributed by atoms with Crippen molar-refractivity contribution in [2.45, 2.75) is 19.2 Å². The van der Waals surface area contributed by atoms with E-state index < -0.39 is 6.36 Å². The van der Waals surface area contributed by atoms with Crippen LogP contribution in [0.5, 0.6) is 5.75 Å². The Morgan fingerprint density at radius 2 is 1.63 bits per heavy atom. The second-order valence-electron chi connectivity index (χ2n) is 7.42. The lowest BCUT2D eigenvalue weighted by atomic mass is 9.96. The number of alkyl halides is 3. The summed E-state index contributed by atoms with van der Waals surface area (Å²) < 4.78 is 46.4. The Kier molecular flexibility index (Phi) is 5.97. The van der Waals surface area contributed by atoms with E-state index in [9.17, 15) is 18.0 Å². The summed E-state index contributed by atoms with van der Waals surface area (Å²) in [5.74, 6) is -0.159. The van der Waals surface area contributed by atoms with Crippen molar-refractivity contribution in [2.75, 3.05) is 44.3 Å². The van der Waals surface area contributed by atoms with Crippen molar-refractivity contribution in [3.8, 4) is 16.9 Å². The van der Waals surface area contributed by atoms with Gasteiger partial charge in [-0.05, 0) is 41.3 Å². The number of hydrogen-bond donors (Lipinski definition) is 0. The Balaban J connectivity index is 1.53. The van der Waals surface area contributed by atoms with Crippen molar-refractivity contribution >= 4 is 11.6 Å². The summed E-state index contributed by atoms with van der Waals surface area (Å²) in [4.78, 5) is 16.7. The molecule has 5 nitrogen and oxygen atoms in total. The zero-order chi connectivity index (χ0) is 21.1. The standard InChI is InChI=1S/C22H23F3N2O3/c23-22(24,25)30-19-6-3-16(4-7-19)18-2-1-17-5-8-21(28)27(20(17)15-18)10-9-26-11-13-29-14-12-26/h1-4,6-7,15H,5,8-14H2. The Morgan fingerprint density at radius 3 is 2.33 bits per heavy atom. The van der Waals surface area contributed by atoms with Crippen LogP contribution in [0.25, 0.3) is 11.1 Å². The first-order valence-corrected chi connectivity index (χ1v) is 9.99. The highest BCUT2D eigenvalue weighted by Gasteiger charge is 2.31. The summed E-state index contributed by atoms with van der Waals surface area (Å²) in [6.45, 7) is 4.53. The lowest BCUT2D eigenvalue weighted by molar-refractivity contribution is -0.274. The lowest BCUT2D eigenvalue weighted by Crippen LogP contribution is -2.44. The molecule has 0 saturated carbocycles. The van der Waals surface area contributed by atoms with Gasteiger partial charge in [0.2, 0.25) is 5.91 Å². The minimum atomic E-state index is -4.71. The fourth-order valence-electron chi connectivity index (χ4n) is 3.88. The number of carbonyl (C=O) groups excluding carboxylic acids is 1. The van der Waals surface area contributed by atoms with E-state index in [1.165, 1.54) is 12.1 Å². The number of carbonyl (C=O) groups is 1. The average Bonchev–Trinajstić information content (AvgIpc) is 2.73. The molecule has 4 rings (SSSR count). The van der Waals surface area contributed by atoms with E-state index in [4.69, 9.17) is 4.74 Å². The molecule has 0 aromatic heterocycles. The minimum absolute atomic E-state index is 0.0989. The third-order valence-electron chi connectivity index (χ3n) is 5.45. The third-order valence-corrected chi connectivity index (χ3v) is 5.45. The van der Waals surface area contributed by atoms with Gasteiger partial charge in [0.25, 0.3) is 0 Å². The fraction of sp³-hybridized carbons (Fsp3) is 0.409. The number of hydrogen-bond acceptors (Lipinski definition) is 4. The largest absolute Gasteiger partial charge is 0.573 e. The maximum absolute atomic E-state index is 12.6. The van der Waals surface area contributed by atoms with E-state index in [1.54, 1.807) is 12.1 Å². The molecule has 1 amide bonds. The first kappa shape index (κ1) is 20.7. The molecule has 0 N–H and O–H groups in total. The van der Waals surface area contributed by atoms with E-state index in [0.29, 0.717) is 32.6 Å². The van der Waals surface area contributed by atoms with Crippen LogP contribution in [-0.4, -0.2) is 56.6 Å². The van der Waals surface area contributed by atoms with Gasteiger partial charge in [0.1, 0.15) is 5.75 Å². The topological polar surface area (TPSA) is 42.0 Å². The SMILES string of the molecule is O=C1CCc2ccc(-c3ccc(OC(F)(F)F)cc3)cc2N1CCN1CCOCC1. The average molecular weight is 420 g/mol. The van der Waals surface area contributed by atoms with Crippen molar-refractivity contribution in [3.05, 3.63) is 48.0 Å². The van der Waals surface area contributed by atoms with Crippen LogP contribution in [0.15, 0.2) is 42.5 Å². The lowest BCUT2D eigenvalue weighted by Gasteiger charge is -2.33. The molecule has 8 heteroatoms. The highest BCUT2D eigenvalue weighted by atomic mass is 19.4. The summed E-state index contributed by atoms with van der Waals surface area (Å²) in [6, 6.07) is 11.7. The maximum atomic E-state index is 12.6. The number of fused-ring (bicyclic) bond motifs is 1. The van der Waals surface area contributed by atoms with Gasteiger partial charge in [-0.25, -0.2) is 0 Å². The van der Waals surface area contributed by atoms with Crippen LogP contribution in [0.1, 0.15) is 12.0 Å². The minimum Gasteiger partial charge on any atom is -0.406 e. The number of anilines is 1. The van der Waals surface area contributed by atoms with Crippen LogP contribution in [0.3, 0.4) is 0 Å². The summed E-state index contributed by atoms with van der Waals surface area (Å²) in [6.07, 6.45) is -3.53. The van der Waals surface area contributed by atoms with Gasteiger partial charge in [-0.3, -0.25) is 9.69 Å². The molecule has 0 radical (unpaired) electrons. The van der Waals surface area contributed by atoms with Crippen LogP contribution in [0.4, 0.5) is 18.9 Å². The molecular formula is C22H23F3N2O3. The van der Waals surface area contributed by atoms with Crippen molar-refractivity contribution in [3.63, 3.8) is 0 Å². The number of nitrogens with zero attached hydrogens (tertiary/aromatic N) is 2. The third kappa shape index (κ3) is 4.94. The Hall–Kier alpha value is -2.58. The van der Waals surface area contributed by atoms with Crippen LogP contribution in [0.2, 0.25) is 0 Å². The Labute approximate surface area is 173 Å². The predicted octanol–water partition coefficient (Wildman–Crippen LogP) is 3.86. The first-order valence-electron chi connectivity index (χ1n) is 9.99. The zero-order valence-corrected chi connectivity index (χ0v) is 16.5. The van der Waals surface area contributed by atoms with Crippen LogP contribution in [-0.2, 0) is 16.0 Å². The summed E-state index contributed by atoms with van der Waals surface area (Å²) in [5, 5.41) is 0. The van der Waals surface area contributed by atoms with E-state index in [1.807, 2.05) is 23.1 Å². The molecule has 0 aliphatic carbocycles. The van der Waals surface area contributed by atoms with Crippen LogP contribution >= 0.6 is 0 Å². The van der Waals surface area contributed by atoms with Crippen molar-refractivity contribution < 1.29 is 27.4 Å². The molecule has 30 heavy (non-hydrogen) atoms. The number of amides is 1. The molecule has 2 aliphatic rings. The monoisotopic (exact) mass is 420 g/mol. The number of morpholine rings is 1. The molecule has 2 heterocycles. The number of benzene rings is 2. The van der Waals surface area contributed by atoms with Crippen molar-refractivity contribution in [1.82, 2.24) is 4.90 Å². The van der Waals surface area contributed by atoms with Gasteiger partial charge in [-0.1, -0.05) is 24.3 Å². The molecular weight excluding hydrogens is 397 g/mol. The molecule has 0 unspecified atom stereocenters. The number of halogens is 3. The zero-order valence-electron chi connectivity index (χ0n) is 16.5.